The fourth-order valence-electron chi connectivity index (χ4n) is 3.12. The Hall–Kier alpha value is -0.110. The van der Waals surface area contributed by atoms with E-state index in [0.717, 1.165) is 32.2 Å². The van der Waals surface area contributed by atoms with Crippen molar-refractivity contribution < 1.29 is 4.39 Å². The van der Waals surface area contributed by atoms with Crippen LogP contribution in [0.15, 0.2) is 0 Å². The van der Waals surface area contributed by atoms with Crippen molar-refractivity contribution in [1.29, 1.82) is 0 Å². The van der Waals surface area contributed by atoms with Crippen LogP contribution in [0, 0.1) is 5.92 Å². The summed E-state index contributed by atoms with van der Waals surface area (Å²) in [6.45, 7) is 2.84. The van der Waals surface area contributed by atoms with Gasteiger partial charge in [0.05, 0.1) is 0 Å². The first-order chi connectivity index (χ1) is 6.71. The van der Waals surface area contributed by atoms with Crippen LogP contribution in [0.3, 0.4) is 0 Å². The average Bonchev–Trinajstić information content (AvgIpc) is 2.72. The molecule has 0 spiro atoms. The maximum absolute atomic E-state index is 14.6. The minimum Gasteiger partial charge on any atom is -0.311 e. The van der Waals surface area contributed by atoms with Gasteiger partial charge in [-0.15, -0.1) is 0 Å². The molecule has 1 aliphatic carbocycles. The Morgan fingerprint density at radius 2 is 1.79 bits per heavy atom. The number of hydrogen-bond donors (Lipinski definition) is 1. The lowest BCUT2D eigenvalue weighted by atomic mass is 9.75. The van der Waals surface area contributed by atoms with Crippen molar-refractivity contribution in [3.05, 3.63) is 0 Å². The van der Waals surface area contributed by atoms with Crippen molar-refractivity contribution >= 4 is 0 Å². The first-order valence-electron chi connectivity index (χ1n) is 6.13. The molecule has 1 saturated heterocycles. The molecule has 0 aromatic heterocycles. The third kappa shape index (κ3) is 1.95. The summed E-state index contributed by atoms with van der Waals surface area (Å²) in [4.78, 5) is 0. The molecule has 1 aliphatic heterocycles. The lowest BCUT2D eigenvalue weighted by Gasteiger charge is -2.37. The van der Waals surface area contributed by atoms with Crippen molar-refractivity contribution in [2.75, 3.05) is 6.54 Å². The van der Waals surface area contributed by atoms with Crippen LogP contribution < -0.4 is 5.32 Å². The van der Waals surface area contributed by atoms with Crippen LogP contribution in [-0.4, -0.2) is 18.3 Å². The quantitative estimate of drug-likeness (QED) is 0.720. The SMILES string of the molecule is CC(F)(C1CCCCC1)C1CCCN1. The average molecular weight is 199 g/mol. The van der Waals surface area contributed by atoms with E-state index in [1.54, 1.807) is 0 Å². The van der Waals surface area contributed by atoms with Crippen LogP contribution >= 0.6 is 0 Å². The van der Waals surface area contributed by atoms with E-state index in [2.05, 4.69) is 5.32 Å². The third-order valence-electron chi connectivity index (χ3n) is 4.15. The Morgan fingerprint density at radius 1 is 1.07 bits per heavy atom. The largest absolute Gasteiger partial charge is 0.311 e. The molecule has 2 unspecified atom stereocenters. The molecule has 1 nitrogen and oxygen atoms in total. The van der Waals surface area contributed by atoms with Gasteiger partial charge in [-0.3, -0.25) is 0 Å². The lowest BCUT2D eigenvalue weighted by molar-refractivity contribution is 0.0410. The maximum Gasteiger partial charge on any atom is 0.126 e. The summed E-state index contributed by atoms with van der Waals surface area (Å²) in [6, 6.07) is 0.130. The summed E-state index contributed by atoms with van der Waals surface area (Å²) < 4.78 is 14.6. The second-order valence-electron chi connectivity index (χ2n) is 5.14. The molecule has 2 rings (SSSR count). The highest BCUT2D eigenvalue weighted by atomic mass is 19.1. The summed E-state index contributed by atoms with van der Waals surface area (Å²) in [7, 11) is 0. The Bertz CT molecular complexity index is 179. The maximum atomic E-state index is 14.6. The van der Waals surface area contributed by atoms with Crippen molar-refractivity contribution in [2.24, 2.45) is 5.92 Å². The highest BCUT2D eigenvalue weighted by Crippen LogP contribution is 2.39. The van der Waals surface area contributed by atoms with Crippen molar-refractivity contribution in [2.45, 2.75) is 63.6 Å². The van der Waals surface area contributed by atoms with Crippen LogP contribution in [0.5, 0.6) is 0 Å². The second kappa shape index (κ2) is 4.18. The van der Waals surface area contributed by atoms with E-state index in [1.807, 2.05) is 6.92 Å². The predicted molar refractivity (Wildman–Crippen MR) is 57.1 cm³/mol. The topological polar surface area (TPSA) is 12.0 Å². The van der Waals surface area contributed by atoms with Crippen LogP contribution in [0.2, 0.25) is 0 Å². The Morgan fingerprint density at radius 3 is 2.36 bits per heavy atom. The zero-order valence-corrected chi connectivity index (χ0v) is 9.19. The molecular weight excluding hydrogens is 177 g/mol. The van der Waals surface area contributed by atoms with Gasteiger partial charge in [0, 0.05) is 6.04 Å². The number of nitrogens with one attached hydrogen (secondary N) is 1. The Kier molecular flexibility index (Phi) is 3.10. The molecule has 2 fully saturated rings. The molecule has 2 aliphatic rings. The fraction of sp³-hybridized carbons (Fsp3) is 1.00. The minimum atomic E-state index is -0.961. The van der Waals surface area contributed by atoms with E-state index in [0.29, 0.717) is 5.92 Å². The number of hydrogen-bond acceptors (Lipinski definition) is 1. The lowest BCUT2D eigenvalue weighted by Crippen LogP contribution is -2.47. The van der Waals surface area contributed by atoms with E-state index in [4.69, 9.17) is 0 Å². The molecule has 1 N–H and O–H groups in total. The van der Waals surface area contributed by atoms with Gasteiger partial charge >= 0.3 is 0 Å². The summed E-state index contributed by atoms with van der Waals surface area (Å²) in [6.07, 6.45) is 8.16. The van der Waals surface area contributed by atoms with Crippen molar-refractivity contribution in [3.8, 4) is 0 Å². The molecule has 0 radical (unpaired) electrons. The monoisotopic (exact) mass is 199 g/mol. The summed E-state index contributed by atoms with van der Waals surface area (Å²) in [5.41, 5.74) is -0.961. The first kappa shape index (κ1) is 10.4. The third-order valence-corrected chi connectivity index (χ3v) is 4.15. The Labute approximate surface area is 86.5 Å². The van der Waals surface area contributed by atoms with E-state index < -0.39 is 5.67 Å². The van der Waals surface area contributed by atoms with Gasteiger partial charge in [0.25, 0.3) is 0 Å². The number of halogens is 1. The van der Waals surface area contributed by atoms with E-state index in [-0.39, 0.29) is 6.04 Å². The summed E-state index contributed by atoms with van der Waals surface area (Å²) >= 11 is 0. The highest BCUT2D eigenvalue weighted by Gasteiger charge is 2.42. The second-order valence-corrected chi connectivity index (χ2v) is 5.14. The minimum absolute atomic E-state index is 0.130. The van der Waals surface area contributed by atoms with E-state index in [9.17, 15) is 4.39 Å². The zero-order valence-electron chi connectivity index (χ0n) is 9.19. The van der Waals surface area contributed by atoms with E-state index in [1.165, 1.54) is 19.3 Å². The first-order valence-corrected chi connectivity index (χ1v) is 6.13. The molecule has 82 valence electrons. The zero-order chi connectivity index (χ0) is 10.0. The highest BCUT2D eigenvalue weighted by molar-refractivity contribution is 4.97. The fourth-order valence-corrected chi connectivity index (χ4v) is 3.12. The predicted octanol–water partition coefficient (Wildman–Crippen LogP) is 3.05. The van der Waals surface area contributed by atoms with Gasteiger partial charge in [-0.2, -0.15) is 0 Å². The molecule has 0 aromatic carbocycles. The van der Waals surface area contributed by atoms with Gasteiger partial charge in [0.1, 0.15) is 5.67 Å². The molecule has 1 heterocycles. The van der Waals surface area contributed by atoms with Gasteiger partial charge in [-0.1, -0.05) is 19.3 Å². The summed E-state index contributed by atoms with van der Waals surface area (Å²) in [5.74, 6) is 0.312. The van der Waals surface area contributed by atoms with Gasteiger partial charge in [-0.25, -0.2) is 4.39 Å². The number of rotatable bonds is 2. The van der Waals surface area contributed by atoms with Gasteiger partial charge in [0.2, 0.25) is 0 Å². The van der Waals surface area contributed by atoms with Crippen molar-refractivity contribution in [3.63, 3.8) is 0 Å². The van der Waals surface area contributed by atoms with Gasteiger partial charge < -0.3 is 5.32 Å². The molecule has 2 atom stereocenters. The van der Waals surface area contributed by atoms with E-state index >= 15 is 0 Å². The van der Waals surface area contributed by atoms with Crippen molar-refractivity contribution in [1.82, 2.24) is 5.32 Å². The van der Waals surface area contributed by atoms with Crippen LogP contribution in [0.4, 0.5) is 4.39 Å². The molecule has 14 heavy (non-hydrogen) atoms. The van der Waals surface area contributed by atoms with Crippen LogP contribution in [-0.2, 0) is 0 Å². The molecule has 1 saturated carbocycles. The number of alkyl halides is 1. The molecule has 0 amide bonds. The molecule has 2 heteroatoms. The van der Waals surface area contributed by atoms with Gasteiger partial charge in [0.15, 0.2) is 0 Å². The van der Waals surface area contributed by atoms with Gasteiger partial charge in [-0.05, 0) is 45.1 Å². The Balaban J connectivity index is 1.97. The molecule has 0 aromatic rings. The normalized spacial score (nSPS) is 34.3. The summed E-state index contributed by atoms with van der Waals surface area (Å²) in [5, 5.41) is 3.32. The smallest absolute Gasteiger partial charge is 0.126 e. The van der Waals surface area contributed by atoms with Crippen LogP contribution in [0.1, 0.15) is 51.9 Å². The van der Waals surface area contributed by atoms with Crippen LogP contribution in [0.25, 0.3) is 0 Å². The molecular formula is C12H22FN. The standard InChI is InChI=1S/C12H22FN/c1-12(13,11-8-5-9-14-11)10-6-3-2-4-7-10/h10-11,14H,2-9H2,1H3. The molecule has 0 bridgehead atoms.